The van der Waals surface area contributed by atoms with Crippen molar-refractivity contribution < 1.29 is 14.1 Å². The second-order valence-corrected chi connectivity index (χ2v) is 14.6. The molecule has 5 nitrogen and oxygen atoms in total. The molecular weight excluding hydrogens is 418 g/mol. The molecule has 2 aromatic rings. The Morgan fingerprint density at radius 2 is 1.69 bits per heavy atom. The van der Waals surface area contributed by atoms with Gasteiger partial charge in [0, 0.05) is 12.1 Å². The van der Waals surface area contributed by atoms with Crippen LogP contribution in [-0.2, 0) is 4.43 Å². The summed E-state index contributed by atoms with van der Waals surface area (Å²) in [6.45, 7) is 14.1. The zero-order valence-corrected chi connectivity index (χ0v) is 21.2. The Bertz CT molecular complexity index is 873. The van der Waals surface area contributed by atoms with Gasteiger partial charge in [-0.2, -0.15) is 0 Å². The van der Waals surface area contributed by atoms with Crippen molar-refractivity contribution in [2.24, 2.45) is 5.92 Å². The van der Waals surface area contributed by atoms with Gasteiger partial charge in [0.15, 0.2) is 8.32 Å². The van der Waals surface area contributed by atoms with Gasteiger partial charge < -0.3 is 9.16 Å². The minimum atomic E-state index is -1.94. The lowest BCUT2D eigenvalue weighted by Crippen LogP contribution is -2.47. The maximum Gasteiger partial charge on any atom is 0.269 e. The number of non-ortho nitro benzene ring substituents is 1. The van der Waals surface area contributed by atoms with Crippen LogP contribution in [0, 0.1) is 16.0 Å². The number of nitro benzene ring substituents is 1. The lowest BCUT2D eigenvalue weighted by atomic mass is 9.99. The van der Waals surface area contributed by atoms with Gasteiger partial charge in [-0.1, -0.05) is 58.0 Å². The van der Waals surface area contributed by atoms with Gasteiger partial charge in [0.05, 0.1) is 11.0 Å². The molecule has 0 fully saturated rings. The first-order valence-corrected chi connectivity index (χ1v) is 14.2. The molecule has 6 heteroatoms. The summed E-state index contributed by atoms with van der Waals surface area (Å²) in [6, 6.07) is 16.5. The Balaban J connectivity index is 1.99. The molecular formula is C26H37NO4Si. The quantitative estimate of drug-likeness (QED) is 0.200. The summed E-state index contributed by atoms with van der Waals surface area (Å²) in [4.78, 5) is 10.4. The van der Waals surface area contributed by atoms with Gasteiger partial charge in [-0.25, -0.2) is 0 Å². The minimum absolute atomic E-state index is 0.0175. The molecule has 2 rings (SSSR count). The fourth-order valence-corrected chi connectivity index (χ4v) is 4.45. The molecule has 0 bridgehead atoms. The third kappa shape index (κ3) is 7.91. The Labute approximate surface area is 193 Å². The van der Waals surface area contributed by atoms with Crippen LogP contribution in [0.1, 0.15) is 46.1 Å². The van der Waals surface area contributed by atoms with Gasteiger partial charge in [-0.3, -0.25) is 10.1 Å². The number of hydrogen-bond acceptors (Lipinski definition) is 4. The van der Waals surface area contributed by atoms with Gasteiger partial charge in [-0.05, 0) is 66.7 Å². The molecule has 32 heavy (non-hydrogen) atoms. The second kappa shape index (κ2) is 11.4. The Hall–Kier alpha value is -2.44. The third-order valence-electron chi connectivity index (χ3n) is 6.25. The lowest BCUT2D eigenvalue weighted by molar-refractivity contribution is -0.384. The second-order valence-electron chi connectivity index (χ2n) is 9.85. The molecule has 0 heterocycles. The predicted molar refractivity (Wildman–Crippen MR) is 135 cm³/mol. The molecule has 0 aliphatic heterocycles. The Kier molecular flexibility index (Phi) is 9.22. The normalized spacial score (nSPS) is 14.3. The number of ether oxygens (including phenoxy) is 1. The highest BCUT2D eigenvalue weighted by Crippen LogP contribution is 2.38. The van der Waals surface area contributed by atoms with Crippen LogP contribution >= 0.6 is 0 Å². The van der Waals surface area contributed by atoms with Crippen molar-refractivity contribution in [3.05, 3.63) is 76.4 Å². The van der Waals surface area contributed by atoms with Crippen LogP contribution in [0.5, 0.6) is 5.75 Å². The molecule has 174 valence electrons. The van der Waals surface area contributed by atoms with Crippen molar-refractivity contribution in [2.75, 3.05) is 6.61 Å². The highest BCUT2D eigenvalue weighted by molar-refractivity contribution is 6.74. The summed E-state index contributed by atoms with van der Waals surface area (Å²) in [6.07, 6.45) is 6.03. The number of allylic oxidation sites excluding steroid dienone is 1. The number of rotatable bonds is 11. The minimum Gasteiger partial charge on any atom is -0.491 e. The smallest absolute Gasteiger partial charge is 0.269 e. The molecule has 0 aromatic heterocycles. The van der Waals surface area contributed by atoms with Crippen molar-refractivity contribution in [1.82, 2.24) is 0 Å². The van der Waals surface area contributed by atoms with Crippen molar-refractivity contribution in [2.45, 2.75) is 64.8 Å². The topological polar surface area (TPSA) is 61.6 Å². The molecule has 0 saturated heterocycles. The molecule has 0 spiro atoms. The van der Waals surface area contributed by atoms with E-state index in [4.69, 9.17) is 9.16 Å². The van der Waals surface area contributed by atoms with Gasteiger partial charge in [-0.15, -0.1) is 0 Å². The Morgan fingerprint density at radius 1 is 1.06 bits per heavy atom. The number of benzene rings is 2. The summed E-state index contributed by atoms with van der Waals surface area (Å²) >= 11 is 0. The molecule has 0 unspecified atom stereocenters. The van der Waals surface area contributed by atoms with E-state index in [1.807, 2.05) is 36.4 Å². The molecule has 0 aliphatic carbocycles. The highest BCUT2D eigenvalue weighted by atomic mass is 28.4. The van der Waals surface area contributed by atoms with E-state index in [9.17, 15) is 10.1 Å². The van der Waals surface area contributed by atoms with E-state index >= 15 is 0 Å². The lowest BCUT2D eigenvalue weighted by Gasteiger charge is -2.40. The maximum atomic E-state index is 10.8. The van der Waals surface area contributed by atoms with Crippen molar-refractivity contribution in [3.8, 4) is 5.75 Å². The zero-order chi connectivity index (χ0) is 23.8. The summed E-state index contributed by atoms with van der Waals surface area (Å²) < 4.78 is 12.8. The number of hydrogen-bond donors (Lipinski definition) is 0. The van der Waals surface area contributed by atoms with Gasteiger partial charge in [0.2, 0.25) is 0 Å². The van der Waals surface area contributed by atoms with Crippen LogP contribution in [0.3, 0.4) is 0 Å². The predicted octanol–water partition coefficient (Wildman–Crippen LogP) is 7.49. The van der Waals surface area contributed by atoms with E-state index in [0.717, 1.165) is 24.2 Å². The maximum absolute atomic E-state index is 10.8. The van der Waals surface area contributed by atoms with Crippen LogP contribution in [0.2, 0.25) is 18.1 Å². The van der Waals surface area contributed by atoms with Crippen molar-refractivity contribution >= 4 is 20.1 Å². The van der Waals surface area contributed by atoms with Crippen LogP contribution in [0.25, 0.3) is 6.08 Å². The van der Waals surface area contributed by atoms with Crippen LogP contribution < -0.4 is 4.74 Å². The average molecular weight is 456 g/mol. The molecule has 0 saturated carbocycles. The average Bonchev–Trinajstić information content (AvgIpc) is 2.74. The molecule has 0 radical (unpaired) electrons. The zero-order valence-electron chi connectivity index (χ0n) is 20.2. The van der Waals surface area contributed by atoms with Crippen molar-refractivity contribution in [1.29, 1.82) is 0 Å². The summed E-state index contributed by atoms with van der Waals surface area (Å²) in [5.41, 5.74) is 1.07. The van der Waals surface area contributed by atoms with Gasteiger partial charge in [0.1, 0.15) is 12.4 Å². The van der Waals surface area contributed by atoms with Crippen LogP contribution in [0.4, 0.5) is 5.69 Å². The van der Waals surface area contributed by atoms with E-state index in [0.29, 0.717) is 12.5 Å². The highest BCUT2D eigenvalue weighted by Gasteiger charge is 2.40. The first-order chi connectivity index (χ1) is 15.0. The molecule has 2 atom stereocenters. The summed E-state index contributed by atoms with van der Waals surface area (Å²) in [5.74, 6) is 1.19. The molecule has 0 amide bonds. The standard InChI is InChI=1S/C26H37NO4Si/c1-21(12-10-11-13-22-16-18-23(19-17-22)27(28)29)25(31-32(5,6)26(2,3)4)20-30-24-14-8-7-9-15-24/h7-9,11,13-19,21,25H,10,12,20H2,1-6H3/t21-,25-/m1/s1. The van der Waals surface area contributed by atoms with Gasteiger partial charge >= 0.3 is 0 Å². The van der Waals surface area contributed by atoms with Crippen LogP contribution in [0.15, 0.2) is 60.7 Å². The number of para-hydroxylation sites is 1. The van der Waals surface area contributed by atoms with E-state index in [-0.39, 0.29) is 21.8 Å². The van der Waals surface area contributed by atoms with E-state index in [1.54, 1.807) is 12.1 Å². The van der Waals surface area contributed by atoms with E-state index < -0.39 is 8.32 Å². The number of nitro groups is 1. The molecule has 0 N–H and O–H groups in total. The SMILES string of the molecule is C[C@H](CCC=Cc1ccc([N+](=O)[O-])cc1)[C@@H](COc1ccccc1)O[Si](C)(C)C(C)(C)C. The largest absolute Gasteiger partial charge is 0.491 e. The molecule has 0 aliphatic rings. The van der Waals surface area contributed by atoms with E-state index in [1.165, 1.54) is 12.1 Å². The van der Waals surface area contributed by atoms with E-state index in [2.05, 4.69) is 46.9 Å². The first kappa shape index (κ1) is 25.8. The molecule has 2 aromatic carbocycles. The monoisotopic (exact) mass is 455 g/mol. The van der Waals surface area contributed by atoms with Gasteiger partial charge in [0.25, 0.3) is 5.69 Å². The van der Waals surface area contributed by atoms with Crippen molar-refractivity contribution in [3.63, 3.8) is 0 Å². The Morgan fingerprint density at radius 3 is 2.25 bits per heavy atom. The summed E-state index contributed by atoms with van der Waals surface area (Å²) in [7, 11) is -1.94. The summed E-state index contributed by atoms with van der Waals surface area (Å²) in [5, 5.41) is 10.9. The first-order valence-electron chi connectivity index (χ1n) is 11.3. The third-order valence-corrected chi connectivity index (χ3v) is 10.8. The fraction of sp³-hybridized carbons (Fsp3) is 0.462. The fourth-order valence-electron chi connectivity index (χ4n) is 3.04. The number of nitrogens with zero attached hydrogens (tertiary/aromatic N) is 1. The van der Waals surface area contributed by atoms with Crippen LogP contribution in [-0.4, -0.2) is 26.0 Å².